The van der Waals surface area contributed by atoms with Crippen LogP contribution in [0.25, 0.3) is 0 Å². The molecule has 0 radical (unpaired) electrons. The molecule has 0 amide bonds. The van der Waals surface area contributed by atoms with E-state index >= 15 is 0 Å². The summed E-state index contributed by atoms with van der Waals surface area (Å²) in [4.78, 5) is 10.5. The molecule has 0 aliphatic heterocycles. The largest absolute Gasteiger partial charge is 0.252 e. The molecule has 0 heterocycles. The van der Waals surface area contributed by atoms with Gasteiger partial charge in [0.05, 0.1) is 22.8 Å². The Morgan fingerprint density at radius 3 is 1.44 bits per heavy atom. The first-order chi connectivity index (χ1) is 21.5. The SMILES string of the molecule is CCCCCCCCCCCCCCCCCc1cccc(N=C(CCCC)C(CCCCC)=Nc2cc(C)cc(C)c2)c1.[Pd]. The number of benzene rings is 2. The normalized spacial score (nSPS) is 12.0. The minimum Gasteiger partial charge on any atom is -0.252 e. The molecule has 45 heavy (non-hydrogen) atoms. The molecule has 0 aliphatic carbocycles. The topological polar surface area (TPSA) is 24.7 Å². The Labute approximate surface area is 293 Å². The van der Waals surface area contributed by atoms with E-state index in [0.717, 1.165) is 37.1 Å². The quantitative estimate of drug-likeness (QED) is 0.0528. The molecule has 0 aliphatic rings. The first-order valence-corrected chi connectivity index (χ1v) is 18.9. The van der Waals surface area contributed by atoms with Crippen molar-refractivity contribution in [2.45, 2.75) is 182 Å². The maximum Gasteiger partial charge on any atom is 0.0639 e. The van der Waals surface area contributed by atoms with Crippen LogP contribution in [0.5, 0.6) is 0 Å². The van der Waals surface area contributed by atoms with E-state index in [1.165, 1.54) is 150 Å². The second-order valence-corrected chi connectivity index (χ2v) is 13.4. The summed E-state index contributed by atoms with van der Waals surface area (Å²) in [6, 6.07) is 15.7. The fourth-order valence-electron chi connectivity index (χ4n) is 6.22. The Morgan fingerprint density at radius 1 is 0.467 bits per heavy atom. The fourth-order valence-corrected chi connectivity index (χ4v) is 6.22. The summed E-state index contributed by atoms with van der Waals surface area (Å²) >= 11 is 0. The second kappa shape index (κ2) is 27.5. The minimum absolute atomic E-state index is 0. The zero-order valence-corrected chi connectivity index (χ0v) is 31.6. The molecule has 0 N–H and O–H groups in total. The van der Waals surface area contributed by atoms with Crippen molar-refractivity contribution >= 4 is 22.8 Å². The molecule has 256 valence electrons. The fraction of sp³-hybridized carbons (Fsp3) is 0.667. The summed E-state index contributed by atoms with van der Waals surface area (Å²) in [7, 11) is 0. The van der Waals surface area contributed by atoms with Crippen molar-refractivity contribution in [2.75, 3.05) is 0 Å². The van der Waals surface area contributed by atoms with Crippen molar-refractivity contribution in [2.24, 2.45) is 9.98 Å². The molecule has 0 unspecified atom stereocenters. The van der Waals surface area contributed by atoms with Crippen LogP contribution in [-0.2, 0) is 26.8 Å². The summed E-state index contributed by atoms with van der Waals surface area (Å²) in [5.74, 6) is 0. The first kappa shape index (κ1) is 41.5. The Morgan fingerprint density at radius 2 is 0.911 bits per heavy atom. The van der Waals surface area contributed by atoms with Crippen LogP contribution in [0.3, 0.4) is 0 Å². The van der Waals surface area contributed by atoms with Gasteiger partial charge in [-0.1, -0.05) is 148 Å². The van der Waals surface area contributed by atoms with Crippen molar-refractivity contribution in [3.8, 4) is 0 Å². The van der Waals surface area contributed by atoms with Crippen molar-refractivity contribution in [1.29, 1.82) is 0 Å². The summed E-state index contributed by atoms with van der Waals surface area (Å²) in [6.07, 6.45) is 30.3. The van der Waals surface area contributed by atoms with Gasteiger partial charge in [-0.05, 0) is 93.3 Å². The minimum atomic E-state index is 0. The number of rotatable bonds is 26. The van der Waals surface area contributed by atoms with Gasteiger partial charge in [-0.15, -0.1) is 0 Å². The van der Waals surface area contributed by atoms with Crippen molar-refractivity contribution in [1.82, 2.24) is 0 Å². The number of hydrogen-bond acceptors (Lipinski definition) is 2. The smallest absolute Gasteiger partial charge is 0.0639 e. The van der Waals surface area contributed by atoms with Gasteiger partial charge in [0.25, 0.3) is 0 Å². The third kappa shape index (κ3) is 20.3. The number of aliphatic imine (C=N–C) groups is 2. The molecular formula is C42H68N2Pd. The van der Waals surface area contributed by atoms with Gasteiger partial charge in [0.1, 0.15) is 0 Å². The molecule has 2 rings (SSSR count). The van der Waals surface area contributed by atoms with E-state index < -0.39 is 0 Å². The Balaban J connectivity index is 0.0000101. The van der Waals surface area contributed by atoms with Crippen LogP contribution in [0.15, 0.2) is 52.4 Å². The maximum atomic E-state index is 5.28. The first-order valence-electron chi connectivity index (χ1n) is 18.9. The van der Waals surface area contributed by atoms with Crippen LogP contribution >= 0.6 is 0 Å². The predicted molar refractivity (Wildman–Crippen MR) is 199 cm³/mol. The molecule has 0 saturated carbocycles. The molecule has 0 bridgehead atoms. The molecule has 0 atom stereocenters. The summed E-state index contributed by atoms with van der Waals surface area (Å²) in [5.41, 5.74) is 8.51. The van der Waals surface area contributed by atoms with Crippen LogP contribution in [0.1, 0.15) is 179 Å². The van der Waals surface area contributed by atoms with E-state index in [1.807, 2.05) is 0 Å². The van der Waals surface area contributed by atoms with Crippen LogP contribution in [0.2, 0.25) is 0 Å². The van der Waals surface area contributed by atoms with E-state index in [1.54, 1.807) is 0 Å². The van der Waals surface area contributed by atoms with Crippen molar-refractivity contribution in [3.63, 3.8) is 0 Å². The maximum absolute atomic E-state index is 5.28. The molecule has 2 aromatic rings. The van der Waals surface area contributed by atoms with E-state index in [-0.39, 0.29) is 20.4 Å². The van der Waals surface area contributed by atoms with E-state index in [2.05, 4.69) is 77.1 Å². The Kier molecular flexibility index (Phi) is 25.4. The average molecular weight is 707 g/mol. The van der Waals surface area contributed by atoms with Gasteiger partial charge in [0, 0.05) is 20.4 Å². The predicted octanol–water partition coefficient (Wildman–Crippen LogP) is 14.3. The summed E-state index contributed by atoms with van der Waals surface area (Å²) < 4.78 is 0. The third-order valence-electron chi connectivity index (χ3n) is 8.83. The van der Waals surface area contributed by atoms with Gasteiger partial charge < -0.3 is 0 Å². The van der Waals surface area contributed by atoms with Gasteiger partial charge in [-0.25, -0.2) is 0 Å². The Hall–Kier alpha value is -1.56. The van der Waals surface area contributed by atoms with Gasteiger partial charge in [0.15, 0.2) is 0 Å². The van der Waals surface area contributed by atoms with Crippen LogP contribution in [-0.4, -0.2) is 11.4 Å². The molecule has 0 saturated heterocycles. The number of unbranched alkanes of at least 4 members (excludes halogenated alkanes) is 17. The third-order valence-corrected chi connectivity index (χ3v) is 8.83. The molecule has 3 heteroatoms. The molecule has 0 fully saturated rings. The summed E-state index contributed by atoms with van der Waals surface area (Å²) in [6.45, 7) is 11.2. The zero-order valence-electron chi connectivity index (χ0n) is 30.0. The van der Waals surface area contributed by atoms with Crippen molar-refractivity contribution < 1.29 is 20.4 Å². The summed E-state index contributed by atoms with van der Waals surface area (Å²) in [5, 5.41) is 0. The van der Waals surface area contributed by atoms with Gasteiger partial charge in [0.2, 0.25) is 0 Å². The molecular weight excluding hydrogens is 639 g/mol. The molecule has 2 nitrogen and oxygen atoms in total. The monoisotopic (exact) mass is 706 g/mol. The average Bonchev–Trinajstić information content (AvgIpc) is 3.00. The van der Waals surface area contributed by atoms with Gasteiger partial charge in [-0.2, -0.15) is 0 Å². The second-order valence-electron chi connectivity index (χ2n) is 13.4. The van der Waals surface area contributed by atoms with E-state index in [9.17, 15) is 0 Å². The number of nitrogens with zero attached hydrogens (tertiary/aromatic N) is 2. The molecule has 0 spiro atoms. The number of aryl methyl sites for hydroxylation is 3. The number of hydrogen-bond donors (Lipinski definition) is 0. The van der Waals surface area contributed by atoms with Crippen LogP contribution in [0, 0.1) is 13.8 Å². The van der Waals surface area contributed by atoms with E-state index in [0.29, 0.717) is 0 Å². The standard InChI is InChI=1S/C42H68N2.Pd/c1-6-9-12-13-14-15-16-17-18-19-20-21-22-23-25-27-38-28-26-29-39(35-38)43-41(30-11-8-3)42(31-24-10-7-2)44-40-33-36(4)32-37(5)34-40;/h26,28-29,32-35H,6-25,27,30-31H2,1-5H3;. The molecule has 2 aromatic carbocycles. The molecule has 0 aromatic heterocycles. The van der Waals surface area contributed by atoms with Crippen LogP contribution < -0.4 is 0 Å². The van der Waals surface area contributed by atoms with Gasteiger partial charge >= 0.3 is 0 Å². The van der Waals surface area contributed by atoms with Gasteiger partial charge in [-0.3, -0.25) is 9.98 Å². The van der Waals surface area contributed by atoms with E-state index in [4.69, 9.17) is 9.98 Å². The van der Waals surface area contributed by atoms with Crippen LogP contribution in [0.4, 0.5) is 11.4 Å². The Bertz CT molecular complexity index is 1050. The van der Waals surface area contributed by atoms with Crippen molar-refractivity contribution in [3.05, 3.63) is 59.2 Å². The zero-order chi connectivity index (χ0) is 31.7.